The van der Waals surface area contributed by atoms with Gasteiger partial charge < -0.3 is 0 Å². The van der Waals surface area contributed by atoms with Gasteiger partial charge in [0.15, 0.2) is 0 Å². The van der Waals surface area contributed by atoms with Crippen LogP contribution in [0.5, 0.6) is 0 Å². The minimum absolute atomic E-state index is 0.646. The molecular formula is C7H5Cl4NS. The lowest BCUT2D eigenvalue weighted by molar-refractivity contribution is 1.55. The van der Waals surface area contributed by atoms with Gasteiger partial charge >= 0.3 is 0 Å². The average molecular weight is 277 g/mol. The zero-order chi connectivity index (χ0) is 9.97. The second kappa shape index (κ2) is 3.82. The molecule has 0 amide bonds. The first kappa shape index (κ1) is 11.4. The second-order valence-electron chi connectivity index (χ2n) is 2.20. The van der Waals surface area contributed by atoms with Crippen molar-refractivity contribution in [2.45, 2.75) is 0 Å². The van der Waals surface area contributed by atoms with Gasteiger partial charge in [-0.1, -0.05) is 18.2 Å². The standard InChI is InChI=1S/C7H5Cl4NS/c8-13(9,10,11)6-12-7-4-2-1-3-5-7/h1-5H. The van der Waals surface area contributed by atoms with E-state index in [1.165, 1.54) is 0 Å². The number of nitrogens with zero attached hydrogens (tertiary/aromatic N) is 1. The lowest BCUT2D eigenvalue weighted by Crippen LogP contribution is -1.66. The molecule has 0 unspecified atom stereocenters. The number of aliphatic imine (C=N–C) groups is 1. The Kier molecular flexibility index (Phi) is 3.34. The number of para-hydroxylation sites is 1. The molecule has 0 aliphatic heterocycles. The van der Waals surface area contributed by atoms with Gasteiger partial charge in [-0.2, -0.15) is 4.99 Å². The van der Waals surface area contributed by atoms with Gasteiger partial charge in [-0.3, -0.25) is 0 Å². The smallest absolute Gasteiger partial charge is 0.0788 e. The molecule has 1 aromatic carbocycles. The third kappa shape index (κ3) is 5.58. The highest BCUT2D eigenvalue weighted by atomic mass is 36.4. The maximum Gasteiger partial charge on any atom is 0.0788 e. The van der Waals surface area contributed by atoms with E-state index >= 15 is 0 Å². The van der Waals surface area contributed by atoms with Crippen LogP contribution in [0.3, 0.4) is 0 Å². The summed E-state index contributed by atoms with van der Waals surface area (Å²) in [5.74, 6) is 0. The molecule has 0 heterocycles. The third-order valence-electron chi connectivity index (χ3n) is 1.07. The molecular weight excluding hydrogens is 272 g/mol. The van der Waals surface area contributed by atoms with Crippen LogP contribution in [0.1, 0.15) is 0 Å². The monoisotopic (exact) mass is 275 g/mol. The van der Waals surface area contributed by atoms with Gasteiger partial charge in [-0.05, 0) is 54.9 Å². The minimum atomic E-state index is -3.59. The summed E-state index contributed by atoms with van der Waals surface area (Å²) in [5, 5.41) is 2.31. The first-order valence-corrected chi connectivity index (χ1v) is 8.53. The predicted octanol–water partition coefficient (Wildman–Crippen LogP) is 5.18. The van der Waals surface area contributed by atoms with Crippen LogP contribution in [-0.4, -0.2) is 5.16 Å². The van der Waals surface area contributed by atoms with E-state index in [2.05, 4.69) is 10.2 Å². The molecule has 0 radical (unpaired) electrons. The maximum atomic E-state index is 5.54. The molecule has 72 valence electrons. The normalized spacial score (nSPS) is 14.0. The number of rotatable bonds is 1. The Hall–Kier alpha value is 0.310. The highest BCUT2D eigenvalue weighted by molar-refractivity contribution is 8.99. The summed E-state index contributed by atoms with van der Waals surface area (Å²) in [6.07, 6.45) is 0. The van der Waals surface area contributed by atoms with Gasteiger partial charge in [0, 0.05) is 0 Å². The zero-order valence-corrected chi connectivity index (χ0v) is 10.1. The molecule has 0 aliphatic carbocycles. The van der Waals surface area contributed by atoms with Crippen molar-refractivity contribution in [1.29, 1.82) is 0 Å². The van der Waals surface area contributed by atoms with Crippen molar-refractivity contribution < 1.29 is 0 Å². The van der Waals surface area contributed by atoms with Crippen molar-refractivity contribution in [2.75, 3.05) is 0 Å². The van der Waals surface area contributed by atoms with Gasteiger partial charge in [0.25, 0.3) is 0 Å². The van der Waals surface area contributed by atoms with Gasteiger partial charge in [0.05, 0.1) is 16.5 Å². The molecule has 0 bridgehead atoms. The number of hydrogen-bond donors (Lipinski definition) is 0. The predicted molar refractivity (Wildman–Crippen MR) is 64.5 cm³/mol. The van der Waals surface area contributed by atoms with E-state index in [-0.39, 0.29) is 0 Å². The first-order chi connectivity index (χ1) is 5.83. The Bertz CT molecular complexity index is 378. The van der Waals surface area contributed by atoms with Crippen molar-refractivity contribution in [3.63, 3.8) is 0 Å². The molecule has 0 spiro atoms. The van der Waals surface area contributed by atoms with E-state index in [4.69, 9.17) is 42.7 Å². The van der Waals surface area contributed by atoms with Crippen molar-refractivity contribution in [1.82, 2.24) is 0 Å². The van der Waals surface area contributed by atoms with E-state index in [0.717, 1.165) is 0 Å². The number of hydrogen-bond acceptors (Lipinski definition) is 1. The van der Waals surface area contributed by atoms with Crippen molar-refractivity contribution in [3.8, 4) is 0 Å². The van der Waals surface area contributed by atoms with Crippen molar-refractivity contribution in [2.24, 2.45) is 4.99 Å². The van der Waals surface area contributed by atoms with Gasteiger partial charge in [-0.25, -0.2) is 0 Å². The van der Waals surface area contributed by atoms with Crippen LogP contribution in [-0.2, 0) is 0 Å². The fourth-order valence-corrected chi connectivity index (χ4v) is 1.28. The van der Waals surface area contributed by atoms with E-state index in [1.807, 2.05) is 18.2 Å². The Balaban J connectivity index is 3.14. The Morgan fingerprint density at radius 1 is 1.00 bits per heavy atom. The summed E-state index contributed by atoms with van der Waals surface area (Å²) < 4.78 is 0. The Morgan fingerprint density at radius 3 is 2.00 bits per heavy atom. The Labute approximate surface area is 94.2 Å². The fraction of sp³-hybridized carbons (Fsp3) is 0. The van der Waals surface area contributed by atoms with E-state index in [0.29, 0.717) is 5.69 Å². The zero-order valence-electron chi connectivity index (χ0n) is 6.25. The molecule has 13 heavy (non-hydrogen) atoms. The summed E-state index contributed by atoms with van der Waals surface area (Å²) in [5.41, 5.74) is -2.95. The molecule has 0 atom stereocenters. The molecule has 1 nitrogen and oxygen atoms in total. The Morgan fingerprint density at radius 2 is 1.54 bits per heavy atom. The molecule has 0 aromatic heterocycles. The van der Waals surface area contributed by atoms with E-state index in [1.54, 1.807) is 12.1 Å². The molecule has 0 N–H and O–H groups in total. The van der Waals surface area contributed by atoms with Gasteiger partial charge in [0.2, 0.25) is 0 Å². The molecule has 0 saturated heterocycles. The van der Waals surface area contributed by atoms with Crippen LogP contribution in [0.25, 0.3) is 0 Å². The van der Waals surface area contributed by atoms with Crippen molar-refractivity contribution >= 4 is 59.2 Å². The first-order valence-electron chi connectivity index (χ1n) is 3.18. The molecule has 0 saturated carbocycles. The fourth-order valence-electron chi connectivity index (χ4n) is 0.624. The van der Waals surface area contributed by atoms with Crippen LogP contribution >= 0.6 is 48.3 Å². The van der Waals surface area contributed by atoms with Gasteiger partial charge in [0.1, 0.15) is 0 Å². The highest BCUT2D eigenvalue weighted by Crippen LogP contribution is 2.76. The molecule has 1 rings (SSSR count). The minimum Gasteiger partial charge on any atom is -0.197 e. The lowest BCUT2D eigenvalue weighted by atomic mass is 10.3. The van der Waals surface area contributed by atoms with Crippen LogP contribution in [0.15, 0.2) is 35.3 Å². The summed E-state index contributed by atoms with van der Waals surface area (Å²) in [6.45, 7) is 0. The number of benzene rings is 1. The van der Waals surface area contributed by atoms with Gasteiger partial charge in [-0.15, -0.1) is 0 Å². The second-order valence-corrected chi connectivity index (χ2v) is 13.9. The molecule has 1 aromatic rings. The summed E-state index contributed by atoms with van der Waals surface area (Å²) >= 11 is 0. The third-order valence-corrected chi connectivity index (χ3v) is 2.26. The van der Waals surface area contributed by atoms with Crippen LogP contribution < -0.4 is 0 Å². The SMILES string of the molecule is ClS(Cl)(Cl)(Cl)=C=Nc1ccccc1. The van der Waals surface area contributed by atoms with Crippen LogP contribution in [0.4, 0.5) is 5.69 Å². The molecule has 0 fully saturated rings. The summed E-state index contributed by atoms with van der Waals surface area (Å²) in [4.78, 5) is 3.82. The topological polar surface area (TPSA) is 12.4 Å². The highest BCUT2D eigenvalue weighted by Gasteiger charge is 2.18. The number of halogens is 4. The summed E-state index contributed by atoms with van der Waals surface area (Å²) in [6, 6.07) is 9.01. The quantitative estimate of drug-likeness (QED) is 0.495. The number of isothiocyanates is 1. The lowest BCUT2D eigenvalue weighted by Gasteiger charge is -2.11. The van der Waals surface area contributed by atoms with Crippen molar-refractivity contribution in [3.05, 3.63) is 30.3 Å². The van der Waals surface area contributed by atoms with Crippen LogP contribution in [0, 0.1) is 0 Å². The molecule has 6 heteroatoms. The largest absolute Gasteiger partial charge is 0.197 e. The summed E-state index contributed by atoms with van der Waals surface area (Å²) in [7, 11) is 22.2. The van der Waals surface area contributed by atoms with E-state index in [9.17, 15) is 0 Å². The molecule has 0 aliphatic rings. The average Bonchev–Trinajstić information content (AvgIpc) is 2.01. The maximum absolute atomic E-state index is 5.54. The van der Waals surface area contributed by atoms with E-state index < -0.39 is 5.60 Å². The van der Waals surface area contributed by atoms with Crippen LogP contribution in [0.2, 0.25) is 0 Å².